The largest absolute Gasteiger partial charge is 0.303 e. The van der Waals surface area contributed by atoms with E-state index in [1.807, 2.05) is 6.08 Å². The number of hydrogen-bond acceptors (Lipinski definition) is 1. The average molecular weight is 178 g/mol. The summed E-state index contributed by atoms with van der Waals surface area (Å²) in [7, 11) is 0. The van der Waals surface area contributed by atoms with E-state index in [9.17, 15) is 9.18 Å². The van der Waals surface area contributed by atoms with Crippen LogP contribution in [0.2, 0.25) is 0 Å². The van der Waals surface area contributed by atoms with Gasteiger partial charge in [-0.25, -0.2) is 4.39 Å². The van der Waals surface area contributed by atoms with Crippen LogP contribution in [0.25, 0.3) is 0 Å². The smallest absolute Gasteiger partial charge is 0.123 e. The monoisotopic (exact) mass is 178 g/mol. The van der Waals surface area contributed by atoms with E-state index < -0.39 is 0 Å². The van der Waals surface area contributed by atoms with Crippen molar-refractivity contribution in [2.75, 3.05) is 0 Å². The lowest BCUT2D eigenvalue weighted by Gasteiger charge is -1.94. The maximum Gasteiger partial charge on any atom is 0.123 e. The van der Waals surface area contributed by atoms with E-state index >= 15 is 0 Å². The molecule has 13 heavy (non-hydrogen) atoms. The van der Waals surface area contributed by atoms with Crippen molar-refractivity contribution in [3.63, 3.8) is 0 Å². The normalized spacial score (nSPS) is 10.5. The first-order chi connectivity index (χ1) is 6.33. The number of halogens is 1. The first-order valence-corrected chi connectivity index (χ1v) is 4.16. The van der Waals surface area contributed by atoms with Gasteiger partial charge in [0.15, 0.2) is 0 Å². The van der Waals surface area contributed by atoms with Crippen LogP contribution in [0, 0.1) is 5.82 Å². The Kier molecular flexibility index (Phi) is 3.89. The Labute approximate surface area is 76.9 Å². The van der Waals surface area contributed by atoms with Crippen LogP contribution < -0.4 is 0 Å². The van der Waals surface area contributed by atoms with Gasteiger partial charge in [-0.2, -0.15) is 0 Å². The van der Waals surface area contributed by atoms with E-state index in [0.717, 1.165) is 18.3 Å². The summed E-state index contributed by atoms with van der Waals surface area (Å²) in [5.74, 6) is -0.222. The molecular formula is C11H11FO. The minimum absolute atomic E-state index is 0.222. The molecule has 0 aliphatic heterocycles. The number of benzene rings is 1. The Morgan fingerprint density at radius 2 is 1.85 bits per heavy atom. The summed E-state index contributed by atoms with van der Waals surface area (Å²) < 4.78 is 12.5. The van der Waals surface area contributed by atoms with Gasteiger partial charge in [-0.15, -0.1) is 0 Å². The van der Waals surface area contributed by atoms with Crippen LogP contribution in [0.4, 0.5) is 4.39 Å². The molecule has 0 spiro atoms. The minimum Gasteiger partial charge on any atom is -0.303 e. The summed E-state index contributed by atoms with van der Waals surface area (Å²) >= 11 is 0. The third-order valence-electron chi connectivity index (χ3n) is 1.67. The third kappa shape index (κ3) is 3.65. The van der Waals surface area contributed by atoms with E-state index in [1.165, 1.54) is 12.1 Å². The Bertz CT molecular complexity index is 287. The summed E-state index contributed by atoms with van der Waals surface area (Å²) in [5, 5.41) is 0. The molecule has 0 N–H and O–H groups in total. The zero-order chi connectivity index (χ0) is 9.52. The van der Waals surface area contributed by atoms with Crippen LogP contribution in [0.1, 0.15) is 12.0 Å². The highest BCUT2D eigenvalue weighted by Gasteiger charge is 1.89. The molecule has 0 aromatic heterocycles. The first-order valence-electron chi connectivity index (χ1n) is 4.16. The maximum atomic E-state index is 12.5. The highest BCUT2D eigenvalue weighted by molar-refractivity contribution is 5.51. The Balaban J connectivity index is 2.45. The lowest BCUT2D eigenvalue weighted by molar-refractivity contribution is -0.107. The number of hydrogen-bond donors (Lipinski definition) is 0. The SMILES string of the molecule is O=CC/C=C/Cc1ccc(F)cc1. The van der Waals surface area contributed by atoms with Gasteiger partial charge in [0.05, 0.1) is 0 Å². The molecular weight excluding hydrogens is 167 g/mol. The van der Waals surface area contributed by atoms with Crippen molar-refractivity contribution >= 4 is 6.29 Å². The van der Waals surface area contributed by atoms with E-state index in [2.05, 4.69) is 0 Å². The van der Waals surface area contributed by atoms with Crippen LogP contribution in [0.15, 0.2) is 36.4 Å². The van der Waals surface area contributed by atoms with Crippen molar-refractivity contribution in [3.8, 4) is 0 Å². The van der Waals surface area contributed by atoms with E-state index in [-0.39, 0.29) is 5.82 Å². The van der Waals surface area contributed by atoms with Crippen molar-refractivity contribution in [2.45, 2.75) is 12.8 Å². The number of allylic oxidation sites excluding steroid dienone is 2. The zero-order valence-corrected chi connectivity index (χ0v) is 7.24. The molecule has 1 nitrogen and oxygen atoms in total. The lowest BCUT2D eigenvalue weighted by Crippen LogP contribution is -1.81. The van der Waals surface area contributed by atoms with Gasteiger partial charge in [-0.1, -0.05) is 24.3 Å². The van der Waals surface area contributed by atoms with E-state index in [4.69, 9.17) is 0 Å². The molecule has 0 amide bonds. The fourth-order valence-corrected chi connectivity index (χ4v) is 0.992. The van der Waals surface area contributed by atoms with Gasteiger partial charge >= 0.3 is 0 Å². The quantitative estimate of drug-likeness (QED) is 0.511. The molecule has 1 aromatic rings. The Morgan fingerprint density at radius 1 is 1.15 bits per heavy atom. The molecule has 0 aliphatic rings. The van der Waals surface area contributed by atoms with Crippen LogP contribution >= 0.6 is 0 Å². The number of aldehydes is 1. The van der Waals surface area contributed by atoms with Gasteiger partial charge in [0.1, 0.15) is 12.1 Å². The van der Waals surface area contributed by atoms with Gasteiger partial charge in [0.25, 0.3) is 0 Å². The molecule has 0 saturated heterocycles. The highest BCUT2D eigenvalue weighted by atomic mass is 19.1. The molecule has 0 bridgehead atoms. The van der Waals surface area contributed by atoms with Crippen molar-refractivity contribution in [1.29, 1.82) is 0 Å². The molecule has 0 aliphatic carbocycles. The van der Waals surface area contributed by atoms with Crippen LogP contribution in [-0.2, 0) is 11.2 Å². The first kappa shape index (κ1) is 9.65. The van der Waals surface area contributed by atoms with Crippen LogP contribution in [0.3, 0.4) is 0 Å². The van der Waals surface area contributed by atoms with Crippen LogP contribution in [0.5, 0.6) is 0 Å². The maximum absolute atomic E-state index is 12.5. The minimum atomic E-state index is -0.222. The predicted octanol–water partition coefficient (Wildman–Crippen LogP) is 2.51. The van der Waals surface area contributed by atoms with Crippen LogP contribution in [-0.4, -0.2) is 6.29 Å². The summed E-state index contributed by atoms with van der Waals surface area (Å²) in [5.41, 5.74) is 1.04. The topological polar surface area (TPSA) is 17.1 Å². The lowest BCUT2D eigenvalue weighted by atomic mass is 10.1. The second kappa shape index (κ2) is 5.25. The van der Waals surface area contributed by atoms with Gasteiger partial charge in [0.2, 0.25) is 0 Å². The molecule has 1 aromatic carbocycles. The molecule has 0 radical (unpaired) electrons. The van der Waals surface area contributed by atoms with Crippen molar-refractivity contribution in [1.82, 2.24) is 0 Å². The van der Waals surface area contributed by atoms with Crippen molar-refractivity contribution in [3.05, 3.63) is 47.8 Å². The molecule has 2 heteroatoms. The second-order valence-electron chi connectivity index (χ2n) is 2.70. The van der Waals surface area contributed by atoms with E-state index in [1.54, 1.807) is 18.2 Å². The van der Waals surface area contributed by atoms with Gasteiger partial charge in [-0.05, 0) is 24.1 Å². The Hall–Kier alpha value is -1.44. The highest BCUT2D eigenvalue weighted by Crippen LogP contribution is 2.03. The van der Waals surface area contributed by atoms with E-state index in [0.29, 0.717) is 6.42 Å². The number of carbonyl (C=O) groups excluding carboxylic acids is 1. The second-order valence-corrected chi connectivity index (χ2v) is 2.70. The molecule has 0 heterocycles. The molecule has 68 valence electrons. The summed E-state index contributed by atoms with van der Waals surface area (Å²) in [6, 6.07) is 6.34. The predicted molar refractivity (Wildman–Crippen MR) is 49.9 cm³/mol. The molecule has 1 rings (SSSR count). The summed E-state index contributed by atoms with van der Waals surface area (Å²) in [6.45, 7) is 0. The summed E-state index contributed by atoms with van der Waals surface area (Å²) in [4.78, 5) is 9.96. The van der Waals surface area contributed by atoms with Crippen molar-refractivity contribution < 1.29 is 9.18 Å². The van der Waals surface area contributed by atoms with Gasteiger partial charge in [0, 0.05) is 6.42 Å². The molecule has 0 saturated carbocycles. The molecule has 0 fully saturated rings. The Morgan fingerprint density at radius 3 is 2.46 bits per heavy atom. The molecule has 0 atom stereocenters. The van der Waals surface area contributed by atoms with Gasteiger partial charge in [-0.3, -0.25) is 0 Å². The standard InChI is InChI=1S/C11H11FO/c12-11-7-5-10(6-8-11)4-2-1-3-9-13/h1-2,5-9H,3-4H2/b2-1+. The van der Waals surface area contributed by atoms with Gasteiger partial charge < -0.3 is 4.79 Å². The zero-order valence-electron chi connectivity index (χ0n) is 7.24. The van der Waals surface area contributed by atoms with Crippen molar-refractivity contribution in [2.24, 2.45) is 0 Å². The molecule has 0 unspecified atom stereocenters. The average Bonchev–Trinajstić information content (AvgIpc) is 2.15. The number of rotatable bonds is 4. The third-order valence-corrected chi connectivity index (χ3v) is 1.67. The number of carbonyl (C=O) groups is 1. The summed E-state index contributed by atoms with van der Waals surface area (Å²) in [6.07, 6.45) is 5.74. The fraction of sp³-hybridized carbons (Fsp3) is 0.182. The fourth-order valence-electron chi connectivity index (χ4n) is 0.992.